The summed E-state index contributed by atoms with van der Waals surface area (Å²) in [5.41, 5.74) is 2.99. The third-order valence-electron chi connectivity index (χ3n) is 7.74. The highest BCUT2D eigenvalue weighted by atomic mass is 16.2. The van der Waals surface area contributed by atoms with Crippen LogP contribution in [-0.2, 0) is 20.6 Å². The summed E-state index contributed by atoms with van der Waals surface area (Å²) >= 11 is 0. The van der Waals surface area contributed by atoms with Gasteiger partial charge < -0.3 is 29.7 Å². The van der Waals surface area contributed by atoms with Crippen LogP contribution in [0.25, 0.3) is 21.8 Å². The van der Waals surface area contributed by atoms with E-state index in [-0.39, 0.29) is 34.9 Å². The number of H-pyrrole nitrogens is 2. The van der Waals surface area contributed by atoms with Gasteiger partial charge in [0.1, 0.15) is 11.0 Å². The lowest BCUT2D eigenvalue weighted by Crippen LogP contribution is -2.33. The molecule has 4 aromatic heterocycles. The number of carbonyl (C=O) groups excluding carboxylic acids is 2. The van der Waals surface area contributed by atoms with E-state index in [4.69, 9.17) is 0 Å². The van der Waals surface area contributed by atoms with Crippen molar-refractivity contribution in [1.29, 1.82) is 0 Å². The molecule has 11 nitrogen and oxygen atoms in total. The second-order valence-electron chi connectivity index (χ2n) is 11.4. The number of amides is 2. The summed E-state index contributed by atoms with van der Waals surface area (Å²) in [6.07, 6.45) is 4.77. The Balaban J connectivity index is 1.28. The van der Waals surface area contributed by atoms with E-state index in [9.17, 15) is 19.2 Å². The Kier molecular flexibility index (Phi) is 8.36. The Labute approximate surface area is 248 Å². The fourth-order valence-corrected chi connectivity index (χ4v) is 5.45. The molecule has 1 atom stereocenters. The minimum atomic E-state index is -0.270. The number of benzene rings is 1. The van der Waals surface area contributed by atoms with E-state index < -0.39 is 0 Å². The monoisotopic (exact) mass is 583 g/mol. The lowest BCUT2D eigenvalue weighted by molar-refractivity contribution is 0.0924. The van der Waals surface area contributed by atoms with Crippen LogP contribution in [0.5, 0.6) is 0 Å². The molecule has 0 aliphatic rings. The predicted octanol–water partition coefficient (Wildman–Crippen LogP) is 3.04. The van der Waals surface area contributed by atoms with Gasteiger partial charge in [-0.25, -0.2) is 0 Å². The van der Waals surface area contributed by atoms with Crippen LogP contribution < -0.4 is 21.8 Å². The Hall–Kier alpha value is -4.90. The van der Waals surface area contributed by atoms with Gasteiger partial charge in [0, 0.05) is 68.8 Å². The average Bonchev–Trinajstić information content (AvgIpc) is 3.64. The summed E-state index contributed by atoms with van der Waals surface area (Å²) in [5, 5.41) is 7.24. The molecule has 0 spiro atoms. The smallest absolute Gasteiger partial charge is 0.274 e. The summed E-state index contributed by atoms with van der Waals surface area (Å²) in [6, 6.07) is 13.2. The molecule has 0 radical (unpaired) electrons. The number of aryl methyl sites for hydroxylation is 2. The second kappa shape index (κ2) is 12.1. The number of aromatic amines is 2. The third-order valence-corrected chi connectivity index (χ3v) is 7.74. The third kappa shape index (κ3) is 6.02. The number of nitrogens with one attached hydrogen (secondary N) is 4. The summed E-state index contributed by atoms with van der Waals surface area (Å²) in [5.74, 6) is -0.360. The predicted molar refractivity (Wildman–Crippen MR) is 167 cm³/mol. The van der Waals surface area contributed by atoms with E-state index in [1.807, 2.05) is 48.3 Å². The number of nitrogens with zero attached hydrogens (tertiary/aromatic N) is 3. The minimum Gasteiger partial charge on any atom is -0.357 e. The van der Waals surface area contributed by atoms with Gasteiger partial charge in [0.25, 0.3) is 22.9 Å². The highest BCUT2D eigenvalue weighted by Crippen LogP contribution is 2.24. The first-order chi connectivity index (χ1) is 20.5. The molecule has 2 amide bonds. The van der Waals surface area contributed by atoms with E-state index in [2.05, 4.69) is 34.4 Å². The molecule has 0 fully saturated rings. The zero-order valence-electron chi connectivity index (χ0n) is 25.0. The van der Waals surface area contributed by atoms with E-state index in [0.717, 1.165) is 11.3 Å². The molecule has 43 heavy (non-hydrogen) atoms. The number of hydrogen-bond donors (Lipinski definition) is 4. The van der Waals surface area contributed by atoms with Crippen LogP contribution in [0, 0.1) is 5.92 Å². The average molecular weight is 584 g/mol. The standard InChI is InChI=1S/C32H37N7O4/c1-19(2)26(20-9-7-6-8-10-20)36-30(41)25-18-39(5)32(43)28-23(25)15-21(35-28)16-37(3)14-13-34-29(40)24-17-38(4)31(42)27-22(24)11-12-33-27/h6-12,15,17-19,26,33,35H,13-14,16H2,1-5H3,(H,34,40)(H,36,41)/t26-/m0/s1. The molecular formula is C32H37N7O4. The molecule has 0 bridgehead atoms. The quantitative estimate of drug-likeness (QED) is 0.200. The number of pyridine rings is 2. The molecule has 4 N–H and O–H groups in total. The lowest BCUT2D eigenvalue weighted by atomic mass is 9.95. The molecule has 0 aliphatic carbocycles. The van der Waals surface area contributed by atoms with Crippen molar-refractivity contribution in [2.45, 2.75) is 26.4 Å². The van der Waals surface area contributed by atoms with Crippen LogP contribution in [0.2, 0.25) is 0 Å². The summed E-state index contributed by atoms with van der Waals surface area (Å²) in [7, 11) is 5.16. The van der Waals surface area contributed by atoms with Crippen LogP contribution in [0.4, 0.5) is 0 Å². The number of fused-ring (bicyclic) bond motifs is 2. The minimum absolute atomic E-state index is 0.160. The Morgan fingerprint density at radius 3 is 2.23 bits per heavy atom. The zero-order chi connectivity index (χ0) is 30.8. The number of hydrogen-bond acceptors (Lipinski definition) is 5. The van der Waals surface area contributed by atoms with Crippen LogP contribution in [0.1, 0.15) is 51.9 Å². The fraction of sp³-hybridized carbons (Fsp3) is 0.312. The van der Waals surface area contributed by atoms with Crippen molar-refractivity contribution in [2.24, 2.45) is 20.0 Å². The molecule has 1 aromatic carbocycles. The van der Waals surface area contributed by atoms with Gasteiger partial charge in [-0.3, -0.25) is 24.1 Å². The fourth-order valence-electron chi connectivity index (χ4n) is 5.45. The SMILES string of the molecule is CC(C)[C@H](NC(=O)c1cn(C)c(=O)c2[nH]c(CN(C)CCNC(=O)c3cn(C)c(=O)c4[nH]ccc34)cc12)c1ccccc1. The molecule has 4 heterocycles. The van der Waals surface area contributed by atoms with E-state index >= 15 is 0 Å². The van der Waals surface area contributed by atoms with Gasteiger partial charge in [-0.2, -0.15) is 0 Å². The Morgan fingerprint density at radius 1 is 0.907 bits per heavy atom. The van der Waals surface area contributed by atoms with E-state index in [0.29, 0.717) is 52.6 Å². The van der Waals surface area contributed by atoms with Crippen molar-refractivity contribution in [3.63, 3.8) is 0 Å². The van der Waals surface area contributed by atoms with Crippen LogP contribution in [-0.4, -0.2) is 56.0 Å². The maximum Gasteiger partial charge on any atom is 0.274 e. The normalized spacial score (nSPS) is 12.3. The number of carbonyl (C=O) groups is 2. The summed E-state index contributed by atoms with van der Waals surface area (Å²) in [4.78, 5) is 59.8. The van der Waals surface area contributed by atoms with Gasteiger partial charge in [-0.1, -0.05) is 44.2 Å². The topological polar surface area (TPSA) is 137 Å². The summed E-state index contributed by atoms with van der Waals surface area (Å²) in [6.45, 7) is 5.49. The maximum atomic E-state index is 13.6. The molecule has 5 aromatic rings. The number of rotatable bonds is 10. The first kappa shape index (κ1) is 29.6. The molecule has 5 rings (SSSR count). The molecule has 0 aliphatic heterocycles. The van der Waals surface area contributed by atoms with Gasteiger partial charge in [0.15, 0.2) is 0 Å². The zero-order valence-corrected chi connectivity index (χ0v) is 25.0. The Bertz CT molecular complexity index is 1910. The number of aromatic nitrogens is 4. The highest BCUT2D eigenvalue weighted by molar-refractivity contribution is 6.07. The second-order valence-corrected chi connectivity index (χ2v) is 11.4. The highest BCUT2D eigenvalue weighted by Gasteiger charge is 2.23. The largest absolute Gasteiger partial charge is 0.357 e. The van der Waals surface area contributed by atoms with Crippen molar-refractivity contribution >= 4 is 33.6 Å². The molecule has 224 valence electrons. The number of likely N-dealkylation sites (N-methyl/N-ethyl adjacent to an activating group) is 1. The van der Waals surface area contributed by atoms with Crippen molar-refractivity contribution < 1.29 is 9.59 Å². The van der Waals surface area contributed by atoms with Crippen molar-refractivity contribution in [2.75, 3.05) is 20.1 Å². The van der Waals surface area contributed by atoms with E-state index in [1.54, 1.807) is 38.8 Å². The van der Waals surface area contributed by atoms with Crippen LogP contribution in [0.15, 0.2) is 70.6 Å². The van der Waals surface area contributed by atoms with Gasteiger partial charge in [-0.05, 0) is 30.7 Å². The van der Waals surface area contributed by atoms with Crippen LogP contribution >= 0.6 is 0 Å². The van der Waals surface area contributed by atoms with Gasteiger partial charge in [-0.15, -0.1) is 0 Å². The van der Waals surface area contributed by atoms with Gasteiger partial charge >= 0.3 is 0 Å². The van der Waals surface area contributed by atoms with E-state index in [1.165, 1.54) is 9.13 Å². The molecular weight excluding hydrogens is 546 g/mol. The van der Waals surface area contributed by atoms with Crippen molar-refractivity contribution in [3.8, 4) is 0 Å². The molecule has 0 unspecified atom stereocenters. The maximum absolute atomic E-state index is 13.6. The van der Waals surface area contributed by atoms with Gasteiger partial charge in [0.2, 0.25) is 0 Å². The van der Waals surface area contributed by atoms with Crippen molar-refractivity contribution in [3.05, 3.63) is 104 Å². The van der Waals surface area contributed by atoms with Gasteiger partial charge in [0.05, 0.1) is 17.2 Å². The van der Waals surface area contributed by atoms with Crippen molar-refractivity contribution in [1.82, 2.24) is 34.6 Å². The first-order valence-electron chi connectivity index (χ1n) is 14.3. The Morgan fingerprint density at radius 2 is 1.56 bits per heavy atom. The first-order valence-corrected chi connectivity index (χ1v) is 14.3. The molecule has 0 saturated heterocycles. The molecule has 11 heteroatoms. The summed E-state index contributed by atoms with van der Waals surface area (Å²) < 4.78 is 2.81. The lowest BCUT2D eigenvalue weighted by Gasteiger charge is -2.23. The van der Waals surface area contributed by atoms with Crippen LogP contribution in [0.3, 0.4) is 0 Å². The molecule has 0 saturated carbocycles.